The van der Waals surface area contributed by atoms with Crippen molar-refractivity contribution in [3.05, 3.63) is 95.1 Å². The summed E-state index contributed by atoms with van der Waals surface area (Å²) in [5.41, 5.74) is 5.28. The Morgan fingerprint density at radius 3 is 1.82 bits per heavy atom. The van der Waals surface area contributed by atoms with Crippen molar-refractivity contribution in [3.63, 3.8) is 0 Å². The summed E-state index contributed by atoms with van der Waals surface area (Å²) in [7, 11) is 0. The zero-order valence-corrected chi connectivity index (χ0v) is 19.1. The average Bonchev–Trinajstić information content (AvgIpc) is 2.79. The van der Waals surface area contributed by atoms with Crippen LogP contribution in [-0.4, -0.2) is 15.3 Å². The monoisotopic (exact) mass is 441 g/mol. The molecule has 4 aromatic rings. The first-order valence-electron chi connectivity index (χ1n) is 10.7. The molecule has 4 aromatic carbocycles. The van der Waals surface area contributed by atoms with Crippen LogP contribution in [0.4, 0.5) is 17.1 Å². The molecule has 0 radical (unpaired) electrons. The van der Waals surface area contributed by atoms with Gasteiger partial charge in [-0.25, -0.2) is 0 Å². The van der Waals surface area contributed by atoms with Gasteiger partial charge in [-0.05, 0) is 86.8 Å². The van der Waals surface area contributed by atoms with Gasteiger partial charge in [0.2, 0.25) is 0 Å². The van der Waals surface area contributed by atoms with Crippen LogP contribution in [0.1, 0.15) is 22.3 Å². The third-order valence-electron chi connectivity index (χ3n) is 5.61. The molecule has 0 fully saturated rings. The number of phenols is 3. The summed E-state index contributed by atoms with van der Waals surface area (Å²) in [6.07, 6.45) is 0. The van der Waals surface area contributed by atoms with Gasteiger partial charge in [0.25, 0.3) is 0 Å². The number of nitrogens with zero attached hydrogens (tertiary/aromatic N) is 1. The maximum Gasteiger partial charge on any atom is 0.139 e. The Morgan fingerprint density at radius 1 is 0.636 bits per heavy atom. The number of anilines is 3. The molecule has 0 amide bonds. The summed E-state index contributed by atoms with van der Waals surface area (Å²) in [4.78, 5) is 1.81. The van der Waals surface area contributed by atoms with Crippen LogP contribution in [0.3, 0.4) is 0 Å². The molecule has 0 saturated heterocycles. The molecule has 0 bridgehead atoms. The number of rotatable bonds is 5. The van der Waals surface area contributed by atoms with Gasteiger partial charge in [-0.2, -0.15) is 0 Å². The van der Waals surface area contributed by atoms with Crippen molar-refractivity contribution in [2.45, 2.75) is 27.7 Å². The van der Waals surface area contributed by atoms with E-state index < -0.39 is 0 Å². The molecule has 0 aliphatic carbocycles. The van der Waals surface area contributed by atoms with Gasteiger partial charge in [0, 0.05) is 11.6 Å². The molecule has 3 N–H and O–H groups in total. The Bertz CT molecular complexity index is 1280. The van der Waals surface area contributed by atoms with E-state index in [0.717, 1.165) is 16.7 Å². The Hall–Kier alpha value is -4.12. The summed E-state index contributed by atoms with van der Waals surface area (Å²) in [6.45, 7) is 7.63. The van der Waals surface area contributed by atoms with Gasteiger partial charge in [0.1, 0.15) is 28.7 Å². The predicted molar refractivity (Wildman–Crippen MR) is 132 cm³/mol. The van der Waals surface area contributed by atoms with Crippen LogP contribution >= 0.6 is 0 Å². The van der Waals surface area contributed by atoms with Crippen molar-refractivity contribution in [2.24, 2.45) is 0 Å². The lowest BCUT2D eigenvalue weighted by Crippen LogP contribution is -2.11. The lowest BCUT2D eigenvalue weighted by Gasteiger charge is -2.27. The molecule has 0 unspecified atom stereocenters. The molecule has 0 aromatic heterocycles. The van der Waals surface area contributed by atoms with Gasteiger partial charge in [-0.1, -0.05) is 24.3 Å². The fourth-order valence-electron chi connectivity index (χ4n) is 3.81. The van der Waals surface area contributed by atoms with E-state index in [4.69, 9.17) is 4.74 Å². The van der Waals surface area contributed by atoms with Crippen molar-refractivity contribution >= 4 is 17.1 Å². The third kappa shape index (κ3) is 4.44. The molecule has 5 heteroatoms. The fourth-order valence-corrected chi connectivity index (χ4v) is 3.81. The number of hydrogen-bond donors (Lipinski definition) is 3. The minimum atomic E-state index is 0.0903. The summed E-state index contributed by atoms with van der Waals surface area (Å²) in [5, 5.41) is 31.5. The van der Waals surface area contributed by atoms with Gasteiger partial charge in [0.15, 0.2) is 0 Å². The van der Waals surface area contributed by atoms with Crippen LogP contribution in [0.2, 0.25) is 0 Å². The Labute approximate surface area is 193 Å². The second kappa shape index (κ2) is 8.79. The van der Waals surface area contributed by atoms with Crippen molar-refractivity contribution in [2.75, 3.05) is 4.90 Å². The normalized spacial score (nSPS) is 10.8. The van der Waals surface area contributed by atoms with E-state index >= 15 is 0 Å². The van der Waals surface area contributed by atoms with Crippen LogP contribution in [-0.2, 0) is 0 Å². The van der Waals surface area contributed by atoms with Crippen molar-refractivity contribution in [1.29, 1.82) is 0 Å². The molecule has 0 heterocycles. The van der Waals surface area contributed by atoms with E-state index in [2.05, 4.69) is 0 Å². The molecule has 5 nitrogen and oxygen atoms in total. The summed E-state index contributed by atoms with van der Waals surface area (Å²) in [6, 6.07) is 21.6. The van der Waals surface area contributed by atoms with Gasteiger partial charge in [0.05, 0.1) is 17.1 Å². The van der Waals surface area contributed by atoms with Crippen LogP contribution in [0.15, 0.2) is 72.8 Å². The summed E-state index contributed by atoms with van der Waals surface area (Å²) >= 11 is 0. The summed E-state index contributed by atoms with van der Waals surface area (Å²) in [5.74, 6) is 1.51. The zero-order valence-electron chi connectivity index (χ0n) is 19.1. The molecule has 0 aliphatic heterocycles. The quantitative estimate of drug-likeness (QED) is 0.303. The second-order valence-corrected chi connectivity index (χ2v) is 8.27. The van der Waals surface area contributed by atoms with Crippen LogP contribution in [0.25, 0.3) is 0 Å². The first-order valence-corrected chi connectivity index (χ1v) is 10.7. The smallest absolute Gasteiger partial charge is 0.139 e. The molecule has 168 valence electrons. The summed E-state index contributed by atoms with van der Waals surface area (Å²) < 4.78 is 6.18. The highest BCUT2D eigenvalue weighted by atomic mass is 16.5. The zero-order chi connectivity index (χ0) is 23.7. The second-order valence-electron chi connectivity index (χ2n) is 8.27. The lowest BCUT2D eigenvalue weighted by molar-refractivity contribution is 0.446. The molecular formula is C28H27NO4. The predicted octanol–water partition coefficient (Wildman–Crippen LogP) is 7.30. The first kappa shape index (κ1) is 22.1. The van der Waals surface area contributed by atoms with E-state index in [1.807, 2.05) is 82.3 Å². The third-order valence-corrected chi connectivity index (χ3v) is 5.61. The van der Waals surface area contributed by atoms with Gasteiger partial charge in [-0.15, -0.1) is 0 Å². The number of hydrogen-bond acceptors (Lipinski definition) is 5. The van der Waals surface area contributed by atoms with Crippen LogP contribution < -0.4 is 9.64 Å². The van der Waals surface area contributed by atoms with Gasteiger partial charge in [-0.3, -0.25) is 0 Å². The Kier molecular flexibility index (Phi) is 5.88. The lowest BCUT2D eigenvalue weighted by atomic mass is 10.1. The molecular weight excluding hydrogens is 414 g/mol. The van der Waals surface area contributed by atoms with E-state index in [9.17, 15) is 15.3 Å². The number of ether oxygens (including phenoxy) is 1. The fraction of sp³-hybridized carbons (Fsp3) is 0.143. The van der Waals surface area contributed by atoms with Crippen molar-refractivity contribution in [3.8, 4) is 28.7 Å². The maximum absolute atomic E-state index is 10.7. The van der Waals surface area contributed by atoms with E-state index in [1.165, 1.54) is 0 Å². The molecule has 0 aliphatic rings. The largest absolute Gasteiger partial charge is 0.508 e. The van der Waals surface area contributed by atoms with Crippen molar-refractivity contribution < 1.29 is 20.1 Å². The number of aromatic hydroxyl groups is 3. The van der Waals surface area contributed by atoms with E-state index in [1.54, 1.807) is 23.1 Å². The van der Waals surface area contributed by atoms with Gasteiger partial charge < -0.3 is 25.0 Å². The maximum atomic E-state index is 10.7. The van der Waals surface area contributed by atoms with E-state index in [0.29, 0.717) is 34.1 Å². The number of benzene rings is 4. The van der Waals surface area contributed by atoms with Crippen LogP contribution in [0.5, 0.6) is 28.7 Å². The molecule has 0 spiro atoms. The molecule has 4 rings (SSSR count). The number of aryl methyl sites for hydroxylation is 3. The SMILES string of the molecule is Cc1ccc(O)c(N(c2cccc(Oc3c(C)ccc(O)c3C)c2)c2cc(C)ccc2O)c1. The van der Waals surface area contributed by atoms with E-state index in [-0.39, 0.29) is 17.2 Å². The van der Waals surface area contributed by atoms with Crippen molar-refractivity contribution in [1.82, 2.24) is 0 Å². The standard InChI is InChI=1S/C28H27NO4/c1-17-8-11-26(31)23(14-17)29(24-15-18(2)9-12-27(24)32)21-6-5-7-22(16-21)33-28-19(3)10-13-25(30)20(28)4/h5-16,30-32H,1-4H3. The average molecular weight is 442 g/mol. The highest BCUT2D eigenvalue weighted by molar-refractivity contribution is 5.83. The van der Waals surface area contributed by atoms with Crippen LogP contribution in [0, 0.1) is 27.7 Å². The molecule has 33 heavy (non-hydrogen) atoms. The first-order chi connectivity index (χ1) is 15.7. The number of phenolic OH excluding ortho intramolecular Hbond substituents is 3. The Balaban J connectivity index is 1.86. The Morgan fingerprint density at radius 2 is 1.21 bits per heavy atom. The molecule has 0 atom stereocenters. The highest BCUT2D eigenvalue weighted by Crippen LogP contribution is 2.45. The van der Waals surface area contributed by atoms with Gasteiger partial charge >= 0.3 is 0 Å². The minimum absolute atomic E-state index is 0.0903. The molecule has 0 saturated carbocycles. The minimum Gasteiger partial charge on any atom is -0.508 e. The highest BCUT2D eigenvalue weighted by Gasteiger charge is 2.20. The topological polar surface area (TPSA) is 73.2 Å².